The molecule has 1 aliphatic rings. The van der Waals surface area contributed by atoms with Gasteiger partial charge in [-0.25, -0.2) is 4.98 Å². The number of nitrogens with zero attached hydrogens (tertiary/aromatic N) is 5. The van der Waals surface area contributed by atoms with Crippen molar-refractivity contribution in [2.45, 2.75) is 38.6 Å². The number of carbonyl (C=O) groups is 1. The molecule has 1 fully saturated rings. The molecule has 0 unspecified atom stereocenters. The normalized spacial score (nSPS) is 17.9. The Bertz CT molecular complexity index is 599. The maximum Gasteiger partial charge on any atom is 0.245 e. The highest BCUT2D eigenvalue weighted by Crippen LogP contribution is 2.26. The number of likely N-dealkylation sites (tertiary alicyclic amines) is 1. The minimum Gasteiger partial charge on any atom is -0.343 e. The average Bonchev–Trinajstić information content (AvgIpc) is 3.17. The first-order valence-corrected chi connectivity index (χ1v) is 7.21. The van der Waals surface area contributed by atoms with Crippen LogP contribution in [0.5, 0.6) is 0 Å². The van der Waals surface area contributed by atoms with Crippen LogP contribution < -0.4 is 0 Å². The number of rotatable bonds is 3. The van der Waals surface area contributed by atoms with Crippen LogP contribution in [0.1, 0.15) is 43.4 Å². The molecule has 0 saturated carbocycles. The summed E-state index contributed by atoms with van der Waals surface area (Å²) in [5.74, 6) is 2.04. The molecule has 3 rings (SSSR count). The molecular formula is C14H19N5O2. The summed E-state index contributed by atoms with van der Waals surface area (Å²) in [6.07, 6.45) is 6.68. The first-order valence-electron chi connectivity index (χ1n) is 7.21. The number of aromatic nitrogens is 4. The van der Waals surface area contributed by atoms with E-state index in [0.717, 1.165) is 37.6 Å². The lowest BCUT2D eigenvalue weighted by atomic mass is 9.96. The van der Waals surface area contributed by atoms with E-state index in [0.29, 0.717) is 0 Å². The fourth-order valence-corrected chi connectivity index (χ4v) is 2.90. The Labute approximate surface area is 123 Å². The summed E-state index contributed by atoms with van der Waals surface area (Å²) < 4.78 is 6.70. The van der Waals surface area contributed by atoms with Crippen LogP contribution in [0.3, 0.4) is 0 Å². The Hall–Kier alpha value is -2.18. The molecule has 1 atom stereocenters. The zero-order chi connectivity index (χ0) is 14.8. The van der Waals surface area contributed by atoms with Crippen LogP contribution >= 0.6 is 0 Å². The molecule has 0 aliphatic carbocycles. The second-order valence-corrected chi connectivity index (χ2v) is 5.45. The van der Waals surface area contributed by atoms with E-state index < -0.39 is 0 Å². The molecule has 7 nitrogen and oxygen atoms in total. The zero-order valence-corrected chi connectivity index (χ0v) is 12.3. The van der Waals surface area contributed by atoms with Crippen LogP contribution in [0.2, 0.25) is 0 Å². The van der Waals surface area contributed by atoms with Gasteiger partial charge in [0.25, 0.3) is 0 Å². The Balaban J connectivity index is 1.61. The third-order valence-electron chi connectivity index (χ3n) is 4.19. The zero-order valence-electron chi connectivity index (χ0n) is 12.3. The number of imidazole rings is 1. The van der Waals surface area contributed by atoms with Crippen molar-refractivity contribution in [2.24, 2.45) is 0 Å². The van der Waals surface area contributed by atoms with E-state index in [1.165, 1.54) is 6.39 Å². The summed E-state index contributed by atoms with van der Waals surface area (Å²) in [5, 5.41) is 3.90. The molecule has 2 aromatic heterocycles. The lowest BCUT2D eigenvalue weighted by Gasteiger charge is -2.32. The summed E-state index contributed by atoms with van der Waals surface area (Å²) in [6.45, 7) is 5.29. The van der Waals surface area contributed by atoms with Crippen molar-refractivity contribution < 1.29 is 9.32 Å². The fraction of sp³-hybridized carbons (Fsp3) is 0.571. The Morgan fingerprint density at radius 1 is 1.38 bits per heavy atom. The van der Waals surface area contributed by atoms with Gasteiger partial charge >= 0.3 is 0 Å². The van der Waals surface area contributed by atoms with Crippen LogP contribution in [-0.2, 0) is 4.79 Å². The number of aryl methyl sites for hydroxylation is 1. The molecular weight excluding hydrogens is 270 g/mol. The highest BCUT2D eigenvalue weighted by atomic mass is 16.5. The van der Waals surface area contributed by atoms with Crippen molar-refractivity contribution in [2.75, 3.05) is 13.1 Å². The molecule has 3 heterocycles. The first kappa shape index (κ1) is 13.8. The summed E-state index contributed by atoms with van der Waals surface area (Å²) >= 11 is 0. The van der Waals surface area contributed by atoms with Crippen molar-refractivity contribution >= 4 is 5.91 Å². The van der Waals surface area contributed by atoms with Crippen LogP contribution in [0, 0.1) is 6.92 Å². The van der Waals surface area contributed by atoms with Crippen molar-refractivity contribution in [3.8, 4) is 0 Å². The number of hydrogen-bond donors (Lipinski definition) is 0. The van der Waals surface area contributed by atoms with E-state index in [1.807, 2.05) is 29.5 Å². The SMILES string of the molecule is Cc1nccn1[C@@H](C)C(=O)N1CCC(c2ncon2)CC1. The van der Waals surface area contributed by atoms with E-state index in [9.17, 15) is 4.79 Å². The van der Waals surface area contributed by atoms with Gasteiger partial charge in [0.2, 0.25) is 12.3 Å². The van der Waals surface area contributed by atoms with E-state index >= 15 is 0 Å². The Morgan fingerprint density at radius 2 is 2.14 bits per heavy atom. The van der Waals surface area contributed by atoms with Gasteiger partial charge in [0.05, 0.1) is 0 Å². The molecule has 7 heteroatoms. The summed E-state index contributed by atoms with van der Waals surface area (Å²) in [7, 11) is 0. The van der Waals surface area contributed by atoms with Crippen LogP contribution in [0.4, 0.5) is 0 Å². The van der Waals surface area contributed by atoms with Gasteiger partial charge in [-0.3, -0.25) is 4.79 Å². The maximum atomic E-state index is 12.6. The van der Waals surface area contributed by atoms with E-state index in [-0.39, 0.29) is 17.9 Å². The molecule has 0 bridgehead atoms. The molecule has 21 heavy (non-hydrogen) atoms. The summed E-state index contributed by atoms with van der Waals surface area (Å²) in [5.41, 5.74) is 0. The van der Waals surface area contributed by atoms with Gasteiger partial charge in [-0.15, -0.1) is 0 Å². The minimum atomic E-state index is -0.214. The highest BCUT2D eigenvalue weighted by molar-refractivity contribution is 5.80. The van der Waals surface area contributed by atoms with Gasteiger partial charge in [0.15, 0.2) is 5.82 Å². The molecule has 0 spiro atoms. The number of carbonyl (C=O) groups excluding carboxylic acids is 1. The number of hydrogen-bond acceptors (Lipinski definition) is 5. The van der Waals surface area contributed by atoms with Crippen LogP contribution in [0.25, 0.3) is 0 Å². The first-order chi connectivity index (χ1) is 10.2. The van der Waals surface area contributed by atoms with Crippen LogP contribution in [-0.4, -0.2) is 43.6 Å². The van der Waals surface area contributed by atoms with Gasteiger partial charge in [0, 0.05) is 31.4 Å². The predicted octanol–water partition coefficient (Wildman–Crippen LogP) is 1.54. The molecule has 0 N–H and O–H groups in total. The van der Waals surface area contributed by atoms with Crippen molar-refractivity contribution in [1.29, 1.82) is 0 Å². The van der Waals surface area contributed by atoms with E-state index in [4.69, 9.17) is 4.52 Å². The second kappa shape index (κ2) is 5.67. The van der Waals surface area contributed by atoms with Crippen LogP contribution in [0.15, 0.2) is 23.3 Å². The Kier molecular flexibility index (Phi) is 3.72. The number of amides is 1. The third kappa shape index (κ3) is 2.68. The topological polar surface area (TPSA) is 77.0 Å². The molecule has 2 aromatic rings. The van der Waals surface area contributed by atoms with Crippen molar-refractivity contribution in [3.63, 3.8) is 0 Å². The fourth-order valence-electron chi connectivity index (χ4n) is 2.90. The molecule has 1 aliphatic heterocycles. The molecule has 0 aromatic carbocycles. The van der Waals surface area contributed by atoms with Gasteiger partial charge in [0.1, 0.15) is 11.9 Å². The van der Waals surface area contributed by atoms with Crippen molar-refractivity contribution in [1.82, 2.24) is 24.6 Å². The maximum absolute atomic E-state index is 12.6. The summed E-state index contributed by atoms with van der Waals surface area (Å²) in [6, 6.07) is -0.214. The second-order valence-electron chi connectivity index (χ2n) is 5.45. The quantitative estimate of drug-likeness (QED) is 0.856. The molecule has 1 saturated heterocycles. The van der Waals surface area contributed by atoms with Gasteiger partial charge in [-0.05, 0) is 26.7 Å². The molecule has 0 radical (unpaired) electrons. The monoisotopic (exact) mass is 289 g/mol. The smallest absolute Gasteiger partial charge is 0.245 e. The average molecular weight is 289 g/mol. The Morgan fingerprint density at radius 3 is 2.71 bits per heavy atom. The lowest BCUT2D eigenvalue weighted by Crippen LogP contribution is -2.41. The minimum absolute atomic E-state index is 0.141. The number of piperidine rings is 1. The van der Waals surface area contributed by atoms with Gasteiger partial charge in [-0.1, -0.05) is 5.16 Å². The van der Waals surface area contributed by atoms with Gasteiger partial charge < -0.3 is 14.0 Å². The van der Waals surface area contributed by atoms with Gasteiger partial charge in [-0.2, -0.15) is 4.98 Å². The highest BCUT2D eigenvalue weighted by Gasteiger charge is 2.29. The largest absolute Gasteiger partial charge is 0.343 e. The predicted molar refractivity (Wildman–Crippen MR) is 74.5 cm³/mol. The third-order valence-corrected chi connectivity index (χ3v) is 4.19. The van der Waals surface area contributed by atoms with E-state index in [2.05, 4.69) is 15.1 Å². The summed E-state index contributed by atoms with van der Waals surface area (Å²) in [4.78, 5) is 22.8. The van der Waals surface area contributed by atoms with Crippen molar-refractivity contribution in [3.05, 3.63) is 30.4 Å². The standard InChI is InChI=1S/C14H19N5O2/c1-10(19-8-5-15-11(19)2)14(20)18-6-3-12(4-7-18)13-16-9-21-17-13/h5,8-10,12H,3-4,6-7H2,1-2H3/t10-/m0/s1. The lowest BCUT2D eigenvalue weighted by molar-refractivity contribution is -0.135. The molecule has 1 amide bonds. The molecule has 112 valence electrons. The van der Waals surface area contributed by atoms with E-state index in [1.54, 1.807) is 6.20 Å².